The first-order valence-corrected chi connectivity index (χ1v) is 11.9. The zero-order valence-electron chi connectivity index (χ0n) is 18.6. The zero-order valence-corrected chi connectivity index (χ0v) is 18.6. The topological polar surface area (TPSA) is 110 Å². The van der Waals surface area contributed by atoms with Crippen LogP contribution in [0.25, 0.3) is 11.3 Å². The summed E-state index contributed by atoms with van der Waals surface area (Å²) < 4.78 is 5.43. The van der Waals surface area contributed by atoms with Crippen molar-refractivity contribution in [2.45, 2.75) is 44.9 Å². The Labute approximate surface area is 191 Å². The van der Waals surface area contributed by atoms with E-state index >= 15 is 0 Å². The summed E-state index contributed by atoms with van der Waals surface area (Å²) in [6.45, 7) is 2.82. The number of likely N-dealkylation sites (tertiary alicyclic amines) is 2. The van der Waals surface area contributed by atoms with Gasteiger partial charge in [-0.3, -0.25) is 19.3 Å². The monoisotopic (exact) mass is 449 g/mol. The number of imide groups is 1. The van der Waals surface area contributed by atoms with E-state index in [0.29, 0.717) is 30.7 Å². The van der Waals surface area contributed by atoms with Crippen molar-refractivity contribution in [3.63, 3.8) is 0 Å². The molecule has 2 aromatic rings. The lowest BCUT2D eigenvalue weighted by atomic mass is 9.81. The van der Waals surface area contributed by atoms with Crippen LogP contribution in [0.15, 0.2) is 23.1 Å². The van der Waals surface area contributed by atoms with Gasteiger partial charge in [-0.2, -0.15) is 0 Å². The molecule has 33 heavy (non-hydrogen) atoms. The molecule has 2 aliphatic carbocycles. The third-order valence-corrected chi connectivity index (χ3v) is 8.11. The third-order valence-electron chi connectivity index (χ3n) is 8.11. The summed E-state index contributed by atoms with van der Waals surface area (Å²) in [5.41, 5.74) is 2.39. The Kier molecular flexibility index (Phi) is 4.81. The van der Waals surface area contributed by atoms with E-state index in [9.17, 15) is 14.4 Å². The maximum absolute atomic E-state index is 13.2. The number of aromatic nitrogens is 3. The molecule has 172 valence electrons. The molecule has 6 rings (SSSR count). The van der Waals surface area contributed by atoms with Crippen LogP contribution in [0.3, 0.4) is 0 Å². The molecular weight excluding hydrogens is 422 g/mol. The highest BCUT2D eigenvalue weighted by Crippen LogP contribution is 2.56. The van der Waals surface area contributed by atoms with Crippen LogP contribution in [0.5, 0.6) is 0 Å². The van der Waals surface area contributed by atoms with E-state index < -0.39 is 0 Å². The Morgan fingerprint density at radius 2 is 1.91 bits per heavy atom. The molecule has 4 aliphatic rings. The Hall–Kier alpha value is -3.10. The first kappa shape index (κ1) is 20.5. The molecule has 2 bridgehead atoms. The smallest absolute Gasteiger partial charge is 0.242 e. The van der Waals surface area contributed by atoms with Crippen molar-refractivity contribution in [3.8, 4) is 11.3 Å². The summed E-state index contributed by atoms with van der Waals surface area (Å²) in [6.07, 6.45) is 8.00. The van der Waals surface area contributed by atoms with Gasteiger partial charge < -0.3 is 9.42 Å². The van der Waals surface area contributed by atoms with Crippen molar-refractivity contribution in [3.05, 3.63) is 30.0 Å². The molecule has 3 amide bonds. The van der Waals surface area contributed by atoms with Gasteiger partial charge in [-0.15, -0.1) is 0 Å². The van der Waals surface area contributed by atoms with E-state index in [2.05, 4.69) is 15.1 Å². The molecule has 0 spiro atoms. The van der Waals surface area contributed by atoms with Gasteiger partial charge in [-0.05, 0) is 50.9 Å². The summed E-state index contributed by atoms with van der Waals surface area (Å²) in [5.74, 6) is 0.487. The van der Waals surface area contributed by atoms with Crippen LogP contribution < -0.4 is 0 Å². The maximum Gasteiger partial charge on any atom is 0.242 e. The van der Waals surface area contributed by atoms with E-state index in [1.807, 2.05) is 13.0 Å². The van der Waals surface area contributed by atoms with Gasteiger partial charge in [0.15, 0.2) is 5.76 Å². The van der Waals surface area contributed by atoms with Crippen molar-refractivity contribution in [1.29, 1.82) is 0 Å². The number of hydrogen-bond donors (Lipinski definition) is 0. The van der Waals surface area contributed by atoms with Crippen molar-refractivity contribution in [2.24, 2.45) is 23.7 Å². The molecule has 5 unspecified atom stereocenters. The average molecular weight is 450 g/mol. The van der Waals surface area contributed by atoms with Gasteiger partial charge in [-0.1, -0.05) is 5.16 Å². The number of piperidine rings is 1. The van der Waals surface area contributed by atoms with Crippen LogP contribution in [0.4, 0.5) is 0 Å². The first-order valence-electron chi connectivity index (χ1n) is 11.9. The fourth-order valence-corrected chi connectivity index (χ4v) is 6.63. The molecule has 2 saturated carbocycles. The van der Waals surface area contributed by atoms with Gasteiger partial charge in [0.1, 0.15) is 12.9 Å². The van der Waals surface area contributed by atoms with Gasteiger partial charge in [0.2, 0.25) is 17.7 Å². The highest BCUT2D eigenvalue weighted by molar-refractivity contribution is 6.08. The summed E-state index contributed by atoms with van der Waals surface area (Å²) >= 11 is 0. The Bertz CT molecular complexity index is 1100. The van der Waals surface area contributed by atoms with Gasteiger partial charge in [-0.25, -0.2) is 9.97 Å². The zero-order chi connectivity index (χ0) is 22.7. The summed E-state index contributed by atoms with van der Waals surface area (Å²) in [7, 11) is 0. The number of fused-ring (bicyclic) bond motifs is 5. The second-order valence-corrected chi connectivity index (χ2v) is 9.98. The normalized spacial score (nSPS) is 30.9. The lowest BCUT2D eigenvalue weighted by molar-refractivity contribution is -0.147. The minimum atomic E-state index is -0.188. The van der Waals surface area contributed by atoms with E-state index in [1.54, 1.807) is 11.1 Å². The predicted octanol–water partition coefficient (Wildman–Crippen LogP) is 2.18. The number of carbonyl (C=O) groups excluding carboxylic acids is 3. The fourth-order valence-electron chi connectivity index (χ4n) is 6.63. The Morgan fingerprint density at radius 1 is 1.15 bits per heavy atom. The maximum atomic E-state index is 13.2. The van der Waals surface area contributed by atoms with E-state index in [1.165, 1.54) is 11.2 Å². The molecule has 0 radical (unpaired) electrons. The third kappa shape index (κ3) is 3.28. The molecule has 0 N–H and O–H groups in total. The van der Waals surface area contributed by atoms with Crippen LogP contribution in [-0.4, -0.2) is 62.3 Å². The minimum Gasteiger partial charge on any atom is -0.356 e. The average Bonchev–Trinajstić information content (AvgIpc) is 3.61. The number of aryl methyl sites for hydroxylation is 1. The number of rotatable bonds is 4. The summed E-state index contributed by atoms with van der Waals surface area (Å²) in [6, 6.07) is 1.85. The molecule has 2 saturated heterocycles. The molecule has 2 aliphatic heterocycles. The molecular formula is C24H27N5O4. The van der Waals surface area contributed by atoms with Crippen LogP contribution in [0, 0.1) is 30.6 Å². The van der Waals surface area contributed by atoms with Crippen LogP contribution in [0.2, 0.25) is 0 Å². The van der Waals surface area contributed by atoms with Crippen molar-refractivity contribution >= 4 is 17.7 Å². The number of hydrogen-bond acceptors (Lipinski definition) is 7. The van der Waals surface area contributed by atoms with Crippen molar-refractivity contribution in [1.82, 2.24) is 24.9 Å². The molecule has 4 heterocycles. The van der Waals surface area contributed by atoms with Gasteiger partial charge in [0.05, 0.1) is 28.8 Å². The van der Waals surface area contributed by atoms with Crippen LogP contribution in [0.1, 0.15) is 49.4 Å². The second-order valence-electron chi connectivity index (χ2n) is 9.98. The molecule has 0 aromatic carbocycles. The van der Waals surface area contributed by atoms with E-state index in [4.69, 9.17) is 4.52 Å². The first-order chi connectivity index (χ1) is 16.0. The molecule has 9 nitrogen and oxygen atoms in total. The SMILES string of the molecule is Cc1cc(-c2cncnc2C2CCCN(C(=O)CN3C(=O)C4C5CCC(C5)C4C3=O)C2)on1. The van der Waals surface area contributed by atoms with Crippen LogP contribution >= 0.6 is 0 Å². The largest absolute Gasteiger partial charge is 0.356 e. The number of amides is 3. The quantitative estimate of drug-likeness (QED) is 0.658. The van der Waals surface area contributed by atoms with Crippen molar-refractivity contribution in [2.75, 3.05) is 19.6 Å². The molecule has 4 fully saturated rings. The van der Waals surface area contributed by atoms with Crippen molar-refractivity contribution < 1.29 is 18.9 Å². The Morgan fingerprint density at radius 3 is 2.61 bits per heavy atom. The summed E-state index contributed by atoms with van der Waals surface area (Å²) in [4.78, 5) is 50.9. The fraction of sp³-hybridized carbons (Fsp3) is 0.583. The molecule has 5 atom stereocenters. The standard InChI is InChI=1S/C24H27N5O4/c1-13-7-18(33-27-13)17-9-25-12-26-22(17)16-3-2-6-28(10-16)19(30)11-29-23(31)20-14-4-5-15(8-14)21(20)24(29)32/h7,9,12,14-16,20-21H,2-6,8,10-11H2,1H3. The number of carbonyl (C=O) groups is 3. The molecule has 2 aromatic heterocycles. The van der Waals surface area contributed by atoms with E-state index in [-0.39, 0.29) is 42.0 Å². The van der Waals surface area contributed by atoms with E-state index in [0.717, 1.165) is 49.1 Å². The highest BCUT2D eigenvalue weighted by Gasteiger charge is 2.61. The van der Waals surface area contributed by atoms with Gasteiger partial charge in [0, 0.05) is 31.3 Å². The lowest BCUT2D eigenvalue weighted by Crippen LogP contribution is -2.46. The molecule has 9 heteroatoms. The van der Waals surface area contributed by atoms with Crippen LogP contribution in [-0.2, 0) is 14.4 Å². The Balaban J connectivity index is 1.18. The number of nitrogens with zero attached hydrogens (tertiary/aromatic N) is 5. The summed E-state index contributed by atoms with van der Waals surface area (Å²) in [5, 5.41) is 3.97. The predicted molar refractivity (Wildman–Crippen MR) is 115 cm³/mol. The second kappa shape index (κ2) is 7.74. The highest BCUT2D eigenvalue weighted by atomic mass is 16.5. The van der Waals surface area contributed by atoms with Gasteiger partial charge >= 0.3 is 0 Å². The minimum absolute atomic E-state index is 0.0197. The lowest BCUT2D eigenvalue weighted by Gasteiger charge is -2.34. The van der Waals surface area contributed by atoms with Gasteiger partial charge in [0.25, 0.3) is 0 Å².